The fraction of sp³-hybridized carbons (Fsp3) is 0.417. The Morgan fingerprint density at radius 3 is 2.50 bits per heavy atom. The van der Waals surface area contributed by atoms with E-state index in [1.165, 1.54) is 0 Å². The molecule has 170 valence electrons. The molecule has 8 heteroatoms. The van der Waals surface area contributed by atoms with Gasteiger partial charge in [0.15, 0.2) is 6.61 Å². The minimum absolute atomic E-state index is 0.0435. The molecule has 0 heterocycles. The number of rotatable bonds is 11. The molecule has 1 N–H and O–H groups in total. The normalized spacial score (nSPS) is 23.1. The number of carbonyl (C=O) groups is 2. The Bertz CT molecular complexity index is 1010. The number of nitrogens with one attached hydrogen (secondary N) is 1. The summed E-state index contributed by atoms with van der Waals surface area (Å²) in [5.41, 5.74) is 0.855. The third-order valence-electron chi connectivity index (χ3n) is 6.06. The lowest BCUT2D eigenvalue weighted by atomic mass is 9.38. The maximum absolute atomic E-state index is 12.4. The molecule has 2 bridgehead atoms. The number of carbonyl (C=O) groups excluding carboxylic acids is 2. The Labute approximate surface area is 202 Å². The Morgan fingerprint density at radius 2 is 1.78 bits per heavy atom. The van der Waals surface area contributed by atoms with Gasteiger partial charge in [-0.2, -0.15) is 0 Å². The third-order valence-corrected chi connectivity index (χ3v) is 7.04. The summed E-state index contributed by atoms with van der Waals surface area (Å²) in [4.78, 5) is 24.6. The lowest BCUT2D eigenvalue weighted by Gasteiger charge is -2.70. The van der Waals surface area contributed by atoms with Crippen LogP contribution < -0.4 is 10.1 Å². The van der Waals surface area contributed by atoms with Crippen LogP contribution in [0.1, 0.15) is 37.7 Å². The van der Waals surface area contributed by atoms with Crippen LogP contribution in [0.15, 0.2) is 42.5 Å². The van der Waals surface area contributed by atoms with Gasteiger partial charge >= 0.3 is 0 Å². The van der Waals surface area contributed by atoms with E-state index in [1.807, 2.05) is 24.3 Å². The van der Waals surface area contributed by atoms with Crippen LogP contribution in [-0.4, -0.2) is 30.4 Å². The molecular formula is C24H24Cl3NO4. The zero-order valence-electron chi connectivity index (χ0n) is 17.5. The molecule has 32 heavy (non-hydrogen) atoms. The summed E-state index contributed by atoms with van der Waals surface area (Å²) in [6, 6.07) is 12.4. The maximum Gasteiger partial charge on any atom is 0.258 e. The van der Waals surface area contributed by atoms with Gasteiger partial charge in [-0.1, -0.05) is 46.9 Å². The van der Waals surface area contributed by atoms with Gasteiger partial charge in [0.2, 0.25) is 0 Å². The summed E-state index contributed by atoms with van der Waals surface area (Å²) in [7, 11) is 0. The summed E-state index contributed by atoms with van der Waals surface area (Å²) in [5.74, 6) is 0.524. The highest BCUT2D eigenvalue weighted by Gasteiger charge is 2.68. The molecule has 3 aliphatic carbocycles. The summed E-state index contributed by atoms with van der Waals surface area (Å²) in [6.45, 7) is 0.753. The number of ketones is 1. The zero-order chi connectivity index (χ0) is 22.8. The average molecular weight is 497 g/mol. The highest BCUT2D eigenvalue weighted by molar-refractivity contribution is 6.42. The predicted octanol–water partition coefficient (Wildman–Crippen LogP) is 5.63. The van der Waals surface area contributed by atoms with Crippen LogP contribution in [-0.2, 0) is 20.9 Å². The van der Waals surface area contributed by atoms with Crippen LogP contribution in [0.4, 0.5) is 0 Å². The molecule has 0 saturated heterocycles. The molecule has 3 saturated carbocycles. The third kappa shape index (κ3) is 5.57. The van der Waals surface area contributed by atoms with Crippen molar-refractivity contribution in [2.24, 2.45) is 5.41 Å². The molecule has 2 aromatic rings. The van der Waals surface area contributed by atoms with E-state index in [0.29, 0.717) is 46.9 Å². The van der Waals surface area contributed by atoms with E-state index in [2.05, 4.69) is 5.32 Å². The van der Waals surface area contributed by atoms with E-state index in [1.54, 1.807) is 18.2 Å². The molecule has 3 fully saturated rings. The molecular weight excluding hydrogens is 473 g/mol. The summed E-state index contributed by atoms with van der Waals surface area (Å²) >= 11 is 17.8. The van der Waals surface area contributed by atoms with E-state index < -0.39 is 0 Å². The van der Waals surface area contributed by atoms with Crippen LogP contribution in [0.25, 0.3) is 0 Å². The first-order valence-corrected chi connectivity index (χ1v) is 11.6. The van der Waals surface area contributed by atoms with Crippen molar-refractivity contribution in [3.63, 3.8) is 0 Å². The topological polar surface area (TPSA) is 64.6 Å². The lowest BCUT2D eigenvalue weighted by molar-refractivity contribution is -0.173. The highest BCUT2D eigenvalue weighted by Crippen LogP contribution is 2.69. The van der Waals surface area contributed by atoms with Gasteiger partial charge in [0, 0.05) is 29.5 Å². The summed E-state index contributed by atoms with van der Waals surface area (Å²) in [5, 5.41) is 4.55. The largest absolute Gasteiger partial charge is 0.484 e. The second kappa shape index (κ2) is 9.60. The molecule has 0 aliphatic heterocycles. The Kier molecular flexibility index (Phi) is 7.01. The first-order valence-electron chi connectivity index (χ1n) is 10.5. The average Bonchev–Trinajstić information content (AvgIpc) is 2.70. The van der Waals surface area contributed by atoms with E-state index in [9.17, 15) is 9.59 Å². The number of benzene rings is 2. The van der Waals surface area contributed by atoms with Crippen molar-refractivity contribution < 1.29 is 19.1 Å². The number of halogens is 3. The van der Waals surface area contributed by atoms with Crippen LogP contribution in [0.5, 0.6) is 5.75 Å². The van der Waals surface area contributed by atoms with E-state index in [-0.39, 0.29) is 29.3 Å². The number of hydrogen-bond donors (Lipinski definition) is 1. The smallest absolute Gasteiger partial charge is 0.258 e. The standard InChI is InChI=1S/C24H24Cl3NO4/c25-17-3-1-2-16(8-17)11-31-7-6-18(29)10-23-13-24(14-23,15-23)28-22(30)12-32-19-4-5-20(26)21(27)9-19/h1-5,8-9H,6-7,10-15H2,(H,28,30). The number of Topliss-reactive ketones (excluding diaryl/α,β-unsaturated/α-hetero) is 1. The number of ether oxygens (including phenoxy) is 2. The van der Waals surface area contributed by atoms with Crippen LogP contribution >= 0.6 is 34.8 Å². The Morgan fingerprint density at radius 1 is 1.00 bits per heavy atom. The Hall–Kier alpha value is -1.79. The number of hydrogen-bond acceptors (Lipinski definition) is 4. The Balaban J connectivity index is 1.11. The SMILES string of the molecule is O=C(CCOCc1cccc(Cl)c1)CC12CC(NC(=O)COc3ccc(Cl)c(Cl)c3)(C1)C2. The van der Waals surface area contributed by atoms with Crippen LogP contribution in [0.2, 0.25) is 15.1 Å². The minimum atomic E-state index is -0.179. The molecule has 5 rings (SSSR count). The van der Waals surface area contributed by atoms with Gasteiger partial charge in [0.05, 0.1) is 23.3 Å². The molecule has 1 amide bonds. The molecule has 5 nitrogen and oxygen atoms in total. The quantitative estimate of drug-likeness (QED) is 0.409. The van der Waals surface area contributed by atoms with Gasteiger partial charge in [-0.3, -0.25) is 9.59 Å². The minimum Gasteiger partial charge on any atom is -0.484 e. The van der Waals surface area contributed by atoms with Crippen molar-refractivity contribution in [2.45, 2.75) is 44.2 Å². The van der Waals surface area contributed by atoms with Crippen molar-refractivity contribution in [1.82, 2.24) is 5.32 Å². The first-order chi connectivity index (χ1) is 15.3. The number of amides is 1. The van der Waals surface area contributed by atoms with Crippen molar-refractivity contribution >= 4 is 46.5 Å². The fourth-order valence-electron chi connectivity index (χ4n) is 4.88. The molecule has 0 radical (unpaired) electrons. The van der Waals surface area contributed by atoms with Gasteiger partial charge in [-0.15, -0.1) is 0 Å². The molecule has 2 aromatic carbocycles. The lowest BCUT2D eigenvalue weighted by Crippen LogP contribution is -2.75. The van der Waals surface area contributed by atoms with Gasteiger partial charge < -0.3 is 14.8 Å². The van der Waals surface area contributed by atoms with Gasteiger partial charge in [-0.05, 0) is 54.5 Å². The van der Waals surface area contributed by atoms with Gasteiger partial charge in [0.1, 0.15) is 11.5 Å². The van der Waals surface area contributed by atoms with Crippen molar-refractivity contribution in [2.75, 3.05) is 13.2 Å². The summed E-state index contributed by atoms with van der Waals surface area (Å²) in [6.07, 6.45) is 3.47. The maximum atomic E-state index is 12.4. The first kappa shape index (κ1) is 23.4. The summed E-state index contributed by atoms with van der Waals surface area (Å²) < 4.78 is 11.1. The monoisotopic (exact) mass is 495 g/mol. The van der Waals surface area contributed by atoms with Crippen molar-refractivity contribution in [3.05, 3.63) is 63.1 Å². The van der Waals surface area contributed by atoms with E-state index >= 15 is 0 Å². The van der Waals surface area contributed by atoms with Gasteiger partial charge in [0.25, 0.3) is 5.91 Å². The molecule has 0 aromatic heterocycles. The molecule has 0 unspecified atom stereocenters. The second-order valence-electron chi connectivity index (χ2n) is 8.87. The van der Waals surface area contributed by atoms with Crippen molar-refractivity contribution in [1.29, 1.82) is 0 Å². The van der Waals surface area contributed by atoms with E-state index in [4.69, 9.17) is 44.3 Å². The molecule has 0 atom stereocenters. The molecule has 3 aliphatic rings. The second-order valence-corrected chi connectivity index (χ2v) is 10.1. The van der Waals surface area contributed by atoms with E-state index in [0.717, 1.165) is 24.8 Å². The van der Waals surface area contributed by atoms with Crippen LogP contribution in [0, 0.1) is 5.41 Å². The fourth-order valence-corrected chi connectivity index (χ4v) is 5.38. The predicted molar refractivity (Wildman–Crippen MR) is 124 cm³/mol. The van der Waals surface area contributed by atoms with Crippen LogP contribution in [0.3, 0.4) is 0 Å². The highest BCUT2D eigenvalue weighted by atomic mass is 35.5. The molecule has 0 spiro atoms. The zero-order valence-corrected chi connectivity index (χ0v) is 19.7. The van der Waals surface area contributed by atoms with Gasteiger partial charge in [-0.25, -0.2) is 0 Å². The van der Waals surface area contributed by atoms with Crippen molar-refractivity contribution in [3.8, 4) is 5.75 Å².